The Morgan fingerprint density at radius 3 is 2.62 bits per heavy atom. The zero-order chi connectivity index (χ0) is 24.4. The molecule has 0 fully saturated rings. The summed E-state index contributed by atoms with van der Waals surface area (Å²) in [7, 11) is 0. The van der Waals surface area contributed by atoms with Gasteiger partial charge in [0.2, 0.25) is 5.89 Å². The molecule has 0 saturated carbocycles. The summed E-state index contributed by atoms with van der Waals surface area (Å²) in [5, 5.41) is 6.33. The minimum atomic E-state index is -0.288. The molecule has 1 aromatic heterocycles. The van der Waals surface area contributed by atoms with Crippen LogP contribution in [0.25, 0.3) is 22.6 Å². The van der Waals surface area contributed by atoms with Gasteiger partial charge in [0.15, 0.2) is 10.7 Å². The van der Waals surface area contributed by atoms with Crippen molar-refractivity contribution in [3.05, 3.63) is 81.9 Å². The minimum Gasteiger partial charge on any atom is -0.436 e. The van der Waals surface area contributed by atoms with E-state index in [2.05, 4.69) is 41.6 Å². The fourth-order valence-corrected chi connectivity index (χ4v) is 3.94. The first kappa shape index (κ1) is 23.9. The molecule has 0 aliphatic heterocycles. The van der Waals surface area contributed by atoms with Crippen LogP contribution in [0, 0.1) is 13.8 Å². The Morgan fingerprint density at radius 2 is 1.88 bits per heavy atom. The standard InChI is InChI=1S/C27H26ClN3O2S/c1-5-15(2)18-9-11-24-23(13-18)29-26(33-24)20-8-10-21(28)22(14-20)30-27(34)31-25(32)19-7-6-16(3)17(4)12-19/h6-15H,5H2,1-4H3,(H2,30,31,32,34)/t15-/m1/s1. The number of nitrogens with zero attached hydrogens (tertiary/aromatic N) is 1. The molecule has 0 bridgehead atoms. The van der Waals surface area contributed by atoms with Crippen LogP contribution in [0.3, 0.4) is 0 Å². The van der Waals surface area contributed by atoms with Crippen LogP contribution in [0.5, 0.6) is 0 Å². The number of nitrogens with one attached hydrogen (secondary N) is 2. The molecule has 0 spiro atoms. The number of thiocarbonyl (C=S) groups is 1. The molecular weight excluding hydrogens is 466 g/mol. The lowest BCUT2D eigenvalue weighted by atomic mass is 9.98. The molecular formula is C27H26ClN3O2S. The van der Waals surface area contributed by atoms with E-state index in [1.165, 1.54) is 5.56 Å². The summed E-state index contributed by atoms with van der Waals surface area (Å²) in [6.45, 7) is 8.33. The third kappa shape index (κ3) is 5.13. The van der Waals surface area contributed by atoms with E-state index >= 15 is 0 Å². The molecule has 0 saturated heterocycles. The average Bonchev–Trinajstić information content (AvgIpc) is 3.25. The summed E-state index contributed by atoms with van der Waals surface area (Å²) in [5.74, 6) is 0.654. The van der Waals surface area contributed by atoms with Gasteiger partial charge in [0.05, 0.1) is 10.7 Å². The first-order valence-corrected chi connectivity index (χ1v) is 11.9. The van der Waals surface area contributed by atoms with E-state index in [-0.39, 0.29) is 11.0 Å². The van der Waals surface area contributed by atoms with E-state index in [0.29, 0.717) is 28.1 Å². The predicted octanol–water partition coefficient (Wildman–Crippen LogP) is 7.41. The number of halogens is 1. The summed E-state index contributed by atoms with van der Waals surface area (Å²) in [4.78, 5) is 17.3. The molecule has 0 unspecified atom stereocenters. The second kappa shape index (κ2) is 9.95. The van der Waals surface area contributed by atoms with Crippen LogP contribution in [0.1, 0.15) is 53.2 Å². The topological polar surface area (TPSA) is 67.2 Å². The number of carbonyl (C=O) groups excluding carboxylic acids is 1. The number of oxazole rings is 1. The summed E-state index contributed by atoms with van der Waals surface area (Å²) < 4.78 is 5.98. The molecule has 2 N–H and O–H groups in total. The van der Waals surface area contributed by atoms with Gasteiger partial charge in [0, 0.05) is 11.1 Å². The smallest absolute Gasteiger partial charge is 0.257 e. The van der Waals surface area contributed by atoms with Crippen LogP contribution in [0.2, 0.25) is 5.02 Å². The highest BCUT2D eigenvalue weighted by Crippen LogP contribution is 2.31. The van der Waals surface area contributed by atoms with Gasteiger partial charge in [0.1, 0.15) is 5.52 Å². The lowest BCUT2D eigenvalue weighted by Crippen LogP contribution is -2.34. The summed E-state index contributed by atoms with van der Waals surface area (Å²) in [6, 6.07) is 17.0. The van der Waals surface area contributed by atoms with Gasteiger partial charge in [-0.25, -0.2) is 4.98 Å². The number of hydrogen-bond donors (Lipinski definition) is 2. The maximum absolute atomic E-state index is 12.6. The predicted molar refractivity (Wildman–Crippen MR) is 143 cm³/mol. The Hall–Kier alpha value is -3.22. The van der Waals surface area contributed by atoms with Crippen molar-refractivity contribution >= 4 is 51.6 Å². The first-order chi connectivity index (χ1) is 16.2. The van der Waals surface area contributed by atoms with Crippen LogP contribution >= 0.6 is 23.8 Å². The number of amides is 1. The molecule has 0 aliphatic carbocycles. The summed E-state index contributed by atoms with van der Waals surface area (Å²) in [6.07, 6.45) is 1.06. The molecule has 174 valence electrons. The number of fused-ring (bicyclic) bond motifs is 1. The Bertz CT molecular complexity index is 1400. The maximum atomic E-state index is 12.6. The Balaban J connectivity index is 1.53. The lowest BCUT2D eigenvalue weighted by Gasteiger charge is -2.12. The van der Waals surface area contributed by atoms with Crippen molar-refractivity contribution in [3.63, 3.8) is 0 Å². The van der Waals surface area contributed by atoms with E-state index in [1.54, 1.807) is 18.2 Å². The quantitative estimate of drug-likeness (QED) is 0.284. The normalized spacial score (nSPS) is 11.9. The second-order valence-electron chi connectivity index (χ2n) is 8.46. The highest BCUT2D eigenvalue weighted by atomic mass is 35.5. The number of aromatic nitrogens is 1. The number of rotatable bonds is 5. The SMILES string of the molecule is CC[C@@H](C)c1ccc2oc(-c3ccc(Cl)c(NC(=S)NC(=O)c4ccc(C)c(C)c4)c3)nc2c1. The molecule has 1 amide bonds. The van der Waals surface area contributed by atoms with Gasteiger partial charge in [-0.2, -0.15) is 0 Å². The molecule has 1 atom stereocenters. The molecule has 3 aromatic carbocycles. The lowest BCUT2D eigenvalue weighted by molar-refractivity contribution is 0.0977. The van der Waals surface area contributed by atoms with Gasteiger partial charge < -0.3 is 9.73 Å². The highest BCUT2D eigenvalue weighted by Gasteiger charge is 2.14. The number of aryl methyl sites for hydroxylation is 2. The van der Waals surface area contributed by atoms with Gasteiger partial charge in [-0.05, 0) is 97.6 Å². The van der Waals surface area contributed by atoms with E-state index in [9.17, 15) is 4.79 Å². The second-order valence-corrected chi connectivity index (χ2v) is 9.27. The zero-order valence-electron chi connectivity index (χ0n) is 19.5. The Labute approximate surface area is 209 Å². The minimum absolute atomic E-state index is 0.151. The fourth-order valence-electron chi connectivity index (χ4n) is 3.58. The highest BCUT2D eigenvalue weighted by molar-refractivity contribution is 7.80. The van der Waals surface area contributed by atoms with Crippen LogP contribution in [0.4, 0.5) is 5.69 Å². The van der Waals surface area contributed by atoms with Crippen molar-refractivity contribution < 1.29 is 9.21 Å². The molecule has 34 heavy (non-hydrogen) atoms. The van der Waals surface area contributed by atoms with Gasteiger partial charge >= 0.3 is 0 Å². The van der Waals surface area contributed by atoms with Crippen LogP contribution in [-0.4, -0.2) is 16.0 Å². The fraction of sp³-hybridized carbons (Fsp3) is 0.222. The van der Waals surface area contributed by atoms with Gasteiger partial charge in [-0.3, -0.25) is 10.1 Å². The first-order valence-electron chi connectivity index (χ1n) is 11.1. The molecule has 1 heterocycles. The average molecular weight is 492 g/mol. The van der Waals surface area contributed by atoms with Crippen molar-refractivity contribution in [1.29, 1.82) is 0 Å². The Morgan fingerprint density at radius 1 is 1.09 bits per heavy atom. The largest absolute Gasteiger partial charge is 0.436 e. The van der Waals surface area contributed by atoms with Gasteiger partial charge in [0.25, 0.3) is 5.91 Å². The monoisotopic (exact) mass is 491 g/mol. The molecule has 0 radical (unpaired) electrons. The van der Waals surface area contributed by atoms with E-state index < -0.39 is 0 Å². The summed E-state index contributed by atoms with van der Waals surface area (Å²) >= 11 is 11.7. The molecule has 7 heteroatoms. The zero-order valence-corrected chi connectivity index (χ0v) is 21.1. The van der Waals surface area contributed by atoms with Gasteiger partial charge in [-0.1, -0.05) is 37.6 Å². The number of benzene rings is 3. The van der Waals surface area contributed by atoms with Gasteiger partial charge in [-0.15, -0.1) is 0 Å². The van der Waals surface area contributed by atoms with E-state index in [4.69, 9.17) is 28.2 Å². The molecule has 5 nitrogen and oxygen atoms in total. The third-order valence-electron chi connectivity index (χ3n) is 6.05. The van der Waals surface area contributed by atoms with E-state index in [0.717, 1.165) is 34.2 Å². The van der Waals surface area contributed by atoms with Crippen molar-refractivity contribution in [2.45, 2.75) is 40.0 Å². The van der Waals surface area contributed by atoms with E-state index in [1.807, 2.05) is 38.1 Å². The van der Waals surface area contributed by atoms with Crippen molar-refractivity contribution in [2.75, 3.05) is 5.32 Å². The number of hydrogen-bond acceptors (Lipinski definition) is 4. The van der Waals surface area contributed by atoms with Crippen molar-refractivity contribution in [2.24, 2.45) is 0 Å². The molecule has 4 aromatic rings. The van der Waals surface area contributed by atoms with Crippen LogP contribution < -0.4 is 10.6 Å². The number of anilines is 1. The third-order valence-corrected chi connectivity index (χ3v) is 6.58. The van der Waals surface area contributed by atoms with Crippen molar-refractivity contribution in [3.8, 4) is 11.5 Å². The van der Waals surface area contributed by atoms with Crippen LogP contribution in [0.15, 0.2) is 59.0 Å². The Kier molecular flexibility index (Phi) is 7.00. The summed E-state index contributed by atoms with van der Waals surface area (Å²) in [5.41, 5.74) is 6.77. The molecule has 0 aliphatic rings. The van der Waals surface area contributed by atoms with Crippen molar-refractivity contribution in [1.82, 2.24) is 10.3 Å². The molecule has 4 rings (SSSR count). The van der Waals surface area contributed by atoms with Crippen LogP contribution in [-0.2, 0) is 0 Å². The maximum Gasteiger partial charge on any atom is 0.257 e. The number of carbonyl (C=O) groups is 1.